The zero-order valence-electron chi connectivity index (χ0n) is 16.4. The van der Waals surface area contributed by atoms with Gasteiger partial charge in [-0.2, -0.15) is 0 Å². The smallest absolute Gasteiger partial charge is 0.343 e. The summed E-state index contributed by atoms with van der Waals surface area (Å²) in [5.41, 5.74) is 3.02. The summed E-state index contributed by atoms with van der Waals surface area (Å²) in [7, 11) is 0. The number of para-hydroxylation sites is 2. The number of hydrogen-bond acceptors (Lipinski definition) is 6. The molecule has 0 bridgehead atoms. The summed E-state index contributed by atoms with van der Waals surface area (Å²) in [6, 6.07) is 16.9. The van der Waals surface area contributed by atoms with Crippen LogP contribution in [0.3, 0.4) is 0 Å². The zero-order chi connectivity index (χ0) is 20.6. The first-order chi connectivity index (χ1) is 14.1. The van der Waals surface area contributed by atoms with Gasteiger partial charge in [-0.15, -0.1) is 0 Å². The summed E-state index contributed by atoms with van der Waals surface area (Å²) in [4.78, 5) is 29.5. The van der Waals surface area contributed by atoms with E-state index in [0.717, 1.165) is 11.3 Å². The Hall–Kier alpha value is -3.45. The third-order valence-electron chi connectivity index (χ3n) is 4.15. The number of benzene rings is 2. The lowest BCUT2D eigenvalue weighted by Gasteiger charge is -2.13. The van der Waals surface area contributed by atoms with Crippen LogP contribution in [0, 0.1) is 0 Å². The average Bonchev–Trinajstić information content (AvgIpc) is 2.84. The van der Waals surface area contributed by atoms with Crippen molar-refractivity contribution < 1.29 is 19.1 Å². The third-order valence-corrected chi connectivity index (χ3v) is 4.15. The first-order valence-electron chi connectivity index (χ1n) is 9.33. The Morgan fingerprint density at radius 1 is 1.07 bits per heavy atom. The minimum atomic E-state index is -0.561. The second kappa shape index (κ2) is 9.66. The van der Waals surface area contributed by atoms with Crippen molar-refractivity contribution in [1.82, 2.24) is 5.32 Å². The van der Waals surface area contributed by atoms with Gasteiger partial charge in [0.15, 0.2) is 0 Å². The Labute approximate surface area is 169 Å². The second-order valence-corrected chi connectivity index (χ2v) is 6.35. The van der Waals surface area contributed by atoms with Crippen molar-refractivity contribution in [2.45, 2.75) is 20.5 Å². The fourth-order valence-corrected chi connectivity index (χ4v) is 2.84. The number of carbonyl (C=O) groups is 2. The van der Waals surface area contributed by atoms with Crippen LogP contribution in [-0.2, 0) is 25.7 Å². The average molecular weight is 393 g/mol. The van der Waals surface area contributed by atoms with Crippen LogP contribution in [0.2, 0.25) is 0 Å². The maximum absolute atomic E-state index is 12.5. The van der Waals surface area contributed by atoms with Crippen LogP contribution in [0.1, 0.15) is 19.4 Å². The minimum Gasteiger partial charge on any atom is -0.462 e. The highest BCUT2D eigenvalue weighted by atomic mass is 16.5. The molecule has 2 aromatic rings. The topological polar surface area (TPSA) is 89.0 Å². The molecule has 0 atom stereocenters. The molecule has 150 valence electrons. The molecule has 7 heteroatoms. The van der Waals surface area contributed by atoms with Gasteiger partial charge in [0.1, 0.15) is 18.0 Å². The quantitative estimate of drug-likeness (QED) is 0.735. The summed E-state index contributed by atoms with van der Waals surface area (Å²) in [6.45, 7) is 3.81. The summed E-state index contributed by atoms with van der Waals surface area (Å²) in [5.74, 6) is -0.838. The number of esters is 1. The number of rotatable bonds is 6. The van der Waals surface area contributed by atoms with Gasteiger partial charge in [0, 0.05) is 5.70 Å². The maximum atomic E-state index is 12.5. The molecule has 3 rings (SSSR count). The van der Waals surface area contributed by atoms with E-state index in [9.17, 15) is 9.59 Å². The van der Waals surface area contributed by atoms with Crippen molar-refractivity contribution in [3.8, 4) is 0 Å². The molecule has 0 unspecified atom stereocenters. The number of nitrogens with zero attached hydrogens (tertiary/aromatic N) is 1. The lowest BCUT2D eigenvalue weighted by atomic mass is 10.2. The van der Waals surface area contributed by atoms with Crippen LogP contribution in [0.25, 0.3) is 0 Å². The van der Waals surface area contributed by atoms with Gasteiger partial charge in [0.2, 0.25) is 0 Å². The molecule has 0 spiro atoms. The fraction of sp³-hybridized carbons (Fsp3) is 0.227. The maximum Gasteiger partial charge on any atom is 0.343 e. The SMILES string of the molecule is CCOC(=O)C1=C(C)Nc2ccccc2N=C1NC(=O)COCc1ccccc1. The van der Waals surface area contributed by atoms with Crippen LogP contribution >= 0.6 is 0 Å². The summed E-state index contributed by atoms with van der Waals surface area (Å²) in [6.07, 6.45) is 0. The van der Waals surface area contributed by atoms with Gasteiger partial charge >= 0.3 is 5.97 Å². The lowest BCUT2D eigenvalue weighted by molar-refractivity contribution is -0.137. The largest absolute Gasteiger partial charge is 0.462 e. The van der Waals surface area contributed by atoms with E-state index in [2.05, 4.69) is 15.6 Å². The summed E-state index contributed by atoms with van der Waals surface area (Å²) >= 11 is 0. The van der Waals surface area contributed by atoms with E-state index in [4.69, 9.17) is 9.47 Å². The van der Waals surface area contributed by atoms with E-state index in [-0.39, 0.29) is 24.6 Å². The summed E-state index contributed by atoms with van der Waals surface area (Å²) in [5, 5.41) is 5.85. The molecule has 0 aromatic heterocycles. The predicted molar refractivity (Wildman–Crippen MR) is 111 cm³/mol. The molecule has 0 aliphatic carbocycles. The van der Waals surface area contributed by atoms with Gasteiger partial charge in [0.05, 0.1) is 24.6 Å². The highest BCUT2D eigenvalue weighted by molar-refractivity contribution is 6.24. The van der Waals surface area contributed by atoms with Gasteiger partial charge in [-0.25, -0.2) is 9.79 Å². The van der Waals surface area contributed by atoms with Gasteiger partial charge in [-0.1, -0.05) is 42.5 Å². The van der Waals surface area contributed by atoms with E-state index in [0.29, 0.717) is 18.0 Å². The molecule has 0 radical (unpaired) electrons. The van der Waals surface area contributed by atoms with Crippen molar-refractivity contribution in [2.24, 2.45) is 4.99 Å². The predicted octanol–water partition coefficient (Wildman–Crippen LogP) is 3.31. The molecule has 1 heterocycles. The van der Waals surface area contributed by atoms with Gasteiger partial charge < -0.3 is 20.1 Å². The van der Waals surface area contributed by atoms with Crippen molar-refractivity contribution in [3.63, 3.8) is 0 Å². The van der Waals surface area contributed by atoms with E-state index >= 15 is 0 Å². The molecule has 1 amide bonds. The number of nitrogens with one attached hydrogen (secondary N) is 2. The van der Waals surface area contributed by atoms with Crippen LogP contribution < -0.4 is 10.6 Å². The number of fused-ring (bicyclic) bond motifs is 1. The van der Waals surface area contributed by atoms with Crippen LogP contribution in [0.15, 0.2) is 70.9 Å². The Balaban J connectivity index is 1.77. The number of ether oxygens (including phenoxy) is 2. The number of carbonyl (C=O) groups excluding carboxylic acids is 2. The Kier molecular flexibility index (Phi) is 6.76. The molecule has 0 fully saturated rings. The normalized spacial score (nSPS) is 13.0. The van der Waals surface area contributed by atoms with Crippen molar-refractivity contribution >= 4 is 29.1 Å². The lowest BCUT2D eigenvalue weighted by Crippen LogP contribution is -2.37. The number of amidine groups is 1. The molecule has 0 saturated carbocycles. The molecule has 29 heavy (non-hydrogen) atoms. The van der Waals surface area contributed by atoms with Crippen LogP contribution in [0.4, 0.5) is 11.4 Å². The van der Waals surface area contributed by atoms with Crippen LogP contribution in [0.5, 0.6) is 0 Å². The number of hydrogen-bond donors (Lipinski definition) is 2. The van der Waals surface area contributed by atoms with Gasteiger partial charge in [0.25, 0.3) is 5.91 Å². The third kappa shape index (κ3) is 5.30. The van der Waals surface area contributed by atoms with Gasteiger partial charge in [-0.3, -0.25) is 4.79 Å². The minimum absolute atomic E-state index is 0.131. The first-order valence-corrected chi connectivity index (χ1v) is 9.33. The molecule has 2 aromatic carbocycles. The summed E-state index contributed by atoms with van der Waals surface area (Å²) < 4.78 is 10.6. The second-order valence-electron chi connectivity index (χ2n) is 6.35. The molecule has 7 nitrogen and oxygen atoms in total. The van der Waals surface area contributed by atoms with E-state index in [1.54, 1.807) is 19.9 Å². The van der Waals surface area contributed by atoms with E-state index < -0.39 is 11.9 Å². The molecule has 0 saturated heterocycles. The first kappa shape index (κ1) is 20.3. The van der Waals surface area contributed by atoms with Crippen molar-refractivity contribution in [3.05, 3.63) is 71.4 Å². The van der Waals surface area contributed by atoms with Crippen molar-refractivity contribution in [1.29, 1.82) is 0 Å². The Morgan fingerprint density at radius 2 is 1.79 bits per heavy atom. The Morgan fingerprint density at radius 3 is 2.55 bits per heavy atom. The standard InChI is InChI=1S/C22H23N3O4/c1-3-29-22(27)20-15(2)23-17-11-7-8-12-18(17)24-21(20)25-19(26)14-28-13-16-9-5-4-6-10-16/h4-12,23H,3,13-14H2,1-2H3,(H,24,25,26). The fourth-order valence-electron chi connectivity index (χ4n) is 2.84. The van der Waals surface area contributed by atoms with Gasteiger partial charge in [-0.05, 0) is 31.5 Å². The zero-order valence-corrected chi connectivity index (χ0v) is 16.4. The molecular formula is C22H23N3O4. The number of amides is 1. The highest BCUT2D eigenvalue weighted by Crippen LogP contribution is 2.30. The molecule has 1 aliphatic heterocycles. The van der Waals surface area contributed by atoms with E-state index in [1.165, 1.54) is 0 Å². The van der Waals surface area contributed by atoms with Crippen molar-refractivity contribution in [2.75, 3.05) is 18.5 Å². The molecule has 1 aliphatic rings. The molecule has 2 N–H and O–H groups in total. The number of anilines is 1. The number of aliphatic imine (C=N–C) groups is 1. The molecular weight excluding hydrogens is 370 g/mol. The van der Waals surface area contributed by atoms with E-state index in [1.807, 2.05) is 48.5 Å². The highest BCUT2D eigenvalue weighted by Gasteiger charge is 2.25. The monoisotopic (exact) mass is 393 g/mol. The number of allylic oxidation sites excluding steroid dienone is 1. The Bertz CT molecular complexity index is 952. The van der Waals surface area contributed by atoms with Crippen LogP contribution in [-0.4, -0.2) is 30.9 Å².